The molecule has 0 spiro atoms. The smallest absolute Gasteiger partial charge is 0.232 e. The fourth-order valence-electron chi connectivity index (χ4n) is 1.83. The molecule has 0 aliphatic heterocycles. The largest absolute Gasteiger partial charge is 0.325 e. The van der Waals surface area contributed by atoms with Gasteiger partial charge in [0.25, 0.3) is 0 Å². The number of nitrogens with one attached hydrogen (secondary N) is 1. The van der Waals surface area contributed by atoms with Crippen LogP contribution in [0.3, 0.4) is 0 Å². The van der Waals surface area contributed by atoms with Crippen LogP contribution in [0.15, 0.2) is 48.5 Å². The molecule has 0 aliphatic rings. The van der Waals surface area contributed by atoms with Crippen LogP contribution in [0.25, 0.3) is 0 Å². The van der Waals surface area contributed by atoms with E-state index < -0.39 is 5.91 Å². The van der Waals surface area contributed by atoms with Crippen molar-refractivity contribution >= 4 is 17.4 Å². The minimum absolute atomic E-state index is 0.235. The number of carbonyl (C=O) groups is 2. The molecule has 0 radical (unpaired) electrons. The molecule has 2 aromatic carbocycles. The van der Waals surface area contributed by atoms with Gasteiger partial charge in [0.05, 0.1) is 6.42 Å². The number of anilines is 1. The summed E-state index contributed by atoms with van der Waals surface area (Å²) in [6, 6.07) is 12.7. The van der Waals surface area contributed by atoms with Gasteiger partial charge in [-0.2, -0.15) is 0 Å². The summed E-state index contributed by atoms with van der Waals surface area (Å²) in [6.45, 7) is 1.69. The first-order chi connectivity index (χ1) is 9.56. The Hall–Kier alpha value is -2.49. The summed E-state index contributed by atoms with van der Waals surface area (Å²) in [6.07, 6.45) is -0.235. The van der Waals surface area contributed by atoms with Crippen LogP contribution in [0, 0.1) is 12.7 Å². The molecule has 0 saturated heterocycles. The van der Waals surface area contributed by atoms with Gasteiger partial charge < -0.3 is 5.32 Å². The number of rotatable bonds is 4. The molecule has 0 fully saturated rings. The van der Waals surface area contributed by atoms with Crippen molar-refractivity contribution in [2.24, 2.45) is 0 Å². The summed E-state index contributed by atoms with van der Waals surface area (Å²) < 4.78 is 12.9. The number of amides is 1. The van der Waals surface area contributed by atoms with E-state index in [-0.39, 0.29) is 18.0 Å². The normalized spacial score (nSPS) is 10.1. The van der Waals surface area contributed by atoms with Crippen molar-refractivity contribution in [1.29, 1.82) is 0 Å². The van der Waals surface area contributed by atoms with E-state index in [2.05, 4.69) is 5.32 Å². The number of hydrogen-bond acceptors (Lipinski definition) is 2. The molecule has 20 heavy (non-hydrogen) atoms. The highest BCUT2D eigenvalue weighted by Gasteiger charge is 2.12. The van der Waals surface area contributed by atoms with Crippen LogP contribution in [-0.4, -0.2) is 11.7 Å². The fourth-order valence-corrected chi connectivity index (χ4v) is 1.83. The minimum Gasteiger partial charge on any atom is -0.325 e. The van der Waals surface area contributed by atoms with Gasteiger partial charge in [0.2, 0.25) is 5.91 Å². The number of halogens is 1. The predicted molar refractivity (Wildman–Crippen MR) is 75.2 cm³/mol. The van der Waals surface area contributed by atoms with Gasteiger partial charge in [-0.3, -0.25) is 9.59 Å². The SMILES string of the molecule is Cc1cc(F)ccc1NC(=O)CC(=O)c1ccccc1. The molecule has 1 amide bonds. The summed E-state index contributed by atoms with van der Waals surface area (Å²) in [4.78, 5) is 23.7. The third-order valence-corrected chi connectivity index (χ3v) is 2.88. The first-order valence-corrected chi connectivity index (χ1v) is 6.20. The molecule has 4 heteroatoms. The molecule has 0 bridgehead atoms. The van der Waals surface area contributed by atoms with Gasteiger partial charge in [0.15, 0.2) is 5.78 Å². The molecule has 0 unspecified atom stereocenters. The third-order valence-electron chi connectivity index (χ3n) is 2.88. The second-order valence-electron chi connectivity index (χ2n) is 4.47. The van der Waals surface area contributed by atoms with E-state index in [4.69, 9.17) is 0 Å². The van der Waals surface area contributed by atoms with Crippen molar-refractivity contribution in [3.63, 3.8) is 0 Å². The van der Waals surface area contributed by atoms with Crippen molar-refractivity contribution in [2.45, 2.75) is 13.3 Å². The van der Waals surface area contributed by atoms with Crippen molar-refractivity contribution in [3.8, 4) is 0 Å². The summed E-state index contributed by atoms with van der Waals surface area (Å²) in [5, 5.41) is 2.61. The Bertz CT molecular complexity index is 638. The number of hydrogen-bond donors (Lipinski definition) is 1. The topological polar surface area (TPSA) is 46.2 Å². The summed E-state index contributed by atoms with van der Waals surface area (Å²) in [5.74, 6) is -1.02. The zero-order valence-corrected chi connectivity index (χ0v) is 11.0. The number of benzene rings is 2. The number of ketones is 1. The molecule has 3 nitrogen and oxygen atoms in total. The fraction of sp³-hybridized carbons (Fsp3) is 0.125. The molecule has 0 aliphatic carbocycles. The molecule has 2 aromatic rings. The van der Waals surface area contributed by atoms with Gasteiger partial charge in [-0.25, -0.2) is 4.39 Å². The van der Waals surface area contributed by atoms with Gasteiger partial charge in [-0.05, 0) is 30.7 Å². The van der Waals surface area contributed by atoms with Crippen molar-refractivity contribution in [1.82, 2.24) is 0 Å². The minimum atomic E-state index is -0.409. The predicted octanol–water partition coefficient (Wildman–Crippen LogP) is 3.35. The highest BCUT2D eigenvalue weighted by molar-refractivity contribution is 6.11. The molecular weight excluding hydrogens is 257 g/mol. The highest BCUT2D eigenvalue weighted by atomic mass is 19.1. The van der Waals surface area contributed by atoms with Crippen LogP contribution in [-0.2, 0) is 4.79 Å². The lowest BCUT2D eigenvalue weighted by Crippen LogP contribution is -2.17. The number of aryl methyl sites for hydroxylation is 1. The Morgan fingerprint density at radius 3 is 2.45 bits per heavy atom. The lowest BCUT2D eigenvalue weighted by Gasteiger charge is -2.08. The van der Waals surface area contributed by atoms with E-state index in [1.165, 1.54) is 18.2 Å². The van der Waals surface area contributed by atoms with Gasteiger partial charge in [-0.15, -0.1) is 0 Å². The van der Waals surface area contributed by atoms with E-state index in [0.29, 0.717) is 16.8 Å². The van der Waals surface area contributed by atoms with Gasteiger partial charge in [0, 0.05) is 11.3 Å². The zero-order valence-electron chi connectivity index (χ0n) is 11.0. The average Bonchev–Trinajstić information content (AvgIpc) is 2.43. The summed E-state index contributed by atoms with van der Waals surface area (Å²) in [7, 11) is 0. The van der Waals surface area contributed by atoms with Gasteiger partial charge in [-0.1, -0.05) is 30.3 Å². The first kappa shape index (κ1) is 13.9. The highest BCUT2D eigenvalue weighted by Crippen LogP contribution is 2.16. The molecule has 1 N–H and O–H groups in total. The summed E-state index contributed by atoms with van der Waals surface area (Å²) in [5.41, 5.74) is 1.63. The maximum atomic E-state index is 12.9. The Morgan fingerprint density at radius 2 is 1.80 bits per heavy atom. The summed E-state index contributed by atoms with van der Waals surface area (Å²) >= 11 is 0. The molecule has 0 heterocycles. The Kier molecular flexibility index (Phi) is 4.25. The van der Waals surface area contributed by atoms with Crippen LogP contribution in [0.4, 0.5) is 10.1 Å². The molecule has 2 rings (SSSR count). The standard InChI is InChI=1S/C16H14FNO2/c1-11-9-13(17)7-8-14(11)18-16(20)10-15(19)12-5-3-2-4-6-12/h2-9H,10H2,1H3,(H,18,20). The lowest BCUT2D eigenvalue weighted by atomic mass is 10.1. The van der Waals surface area contributed by atoms with Crippen LogP contribution in [0.5, 0.6) is 0 Å². The van der Waals surface area contributed by atoms with Crippen molar-refractivity contribution in [3.05, 3.63) is 65.5 Å². The van der Waals surface area contributed by atoms with E-state index in [9.17, 15) is 14.0 Å². The van der Waals surface area contributed by atoms with E-state index >= 15 is 0 Å². The third kappa shape index (κ3) is 3.51. The number of carbonyl (C=O) groups excluding carboxylic acids is 2. The van der Waals surface area contributed by atoms with E-state index in [1.54, 1.807) is 37.3 Å². The first-order valence-electron chi connectivity index (χ1n) is 6.20. The average molecular weight is 271 g/mol. The van der Waals surface area contributed by atoms with Crippen molar-refractivity contribution < 1.29 is 14.0 Å². The van der Waals surface area contributed by atoms with E-state index in [0.717, 1.165) is 0 Å². The monoisotopic (exact) mass is 271 g/mol. The Labute approximate surface area is 116 Å². The van der Waals surface area contributed by atoms with Crippen molar-refractivity contribution in [2.75, 3.05) is 5.32 Å². The second-order valence-corrected chi connectivity index (χ2v) is 4.47. The molecular formula is C16H14FNO2. The molecule has 0 saturated carbocycles. The Morgan fingerprint density at radius 1 is 1.10 bits per heavy atom. The van der Waals surface area contributed by atoms with Crippen LogP contribution < -0.4 is 5.32 Å². The van der Waals surface area contributed by atoms with Crippen LogP contribution >= 0.6 is 0 Å². The van der Waals surface area contributed by atoms with Gasteiger partial charge in [0.1, 0.15) is 5.82 Å². The lowest BCUT2D eigenvalue weighted by molar-refractivity contribution is -0.115. The quantitative estimate of drug-likeness (QED) is 0.684. The second kappa shape index (κ2) is 6.10. The molecule has 0 atom stereocenters. The molecule has 0 aromatic heterocycles. The Balaban J connectivity index is 2.01. The zero-order chi connectivity index (χ0) is 14.5. The van der Waals surface area contributed by atoms with Crippen LogP contribution in [0.1, 0.15) is 22.3 Å². The molecule has 102 valence electrons. The van der Waals surface area contributed by atoms with Gasteiger partial charge >= 0.3 is 0 Å². The maximum Gasteiger partial charge on any atom is 0.232 e. The maximum absolute atomic E-state index is 12.9. The number of Topliss-reactive ketones (excluding diaryl/α,β-unsaturated/α-hetero) is 1. The van der Waals surface area contributed by atoms with Crippen LogP contribution in [0.2, 0.25) is 0 Å². The van der Waals surface area contributed by atoms with E-state index in [1.807, 2.05) is 0 Å².